The molecule has 0 amide bonds. The molecule has 11 heteroatoms. The second-order valence-electron chi connectivity index (χ2n) is 10.5. The SMILES string of the molecule is COCCN1CCN(c2nc3c(C4CC4)nc(-n4ncc5c(C)nc(-c6cnccc6OC)cc54)cc3s2)CC1. The largest absolute Gasteiger partial charge is 0.496 e. The lowest BCUT2D eigenvalue weighted by Crippen LogP contribution is -2.47. The first-order valence-corrected chi connectivity index (χ1v) is 14.6. The van der Waals surface area contributed by atoms with Crippen molar-refractivity contribution < 1.29 is 9.47 Å². The zero-order valence-corrected chi connectivity index (χ0v) is 23.8. The molecular weight excluding hydrogens is 524 g/mol. The molecule has 6 heterocycles. The van der Waals surface area contributed by atoms with Crippen LogP contribution in [0.3, 0.4) is 0 Å². The van der Waals surface area contributed by atoms with Crippen molar-refractivity contribution in [2.75, 3.05) is 58.5 Å². The molecule has 1 saturated heterocycles. The highest BCUT2D eigenvalue weighted by molar-refractivity contribution is 7.22. The van der Waals surface area contributed by atoms with Gasteiger partial charge in [-0.3, -0.25) is 14.9 Å². The highest BCUT2D eigenvalue weighted by atomic mass is 32.1. The molecule has 2 fully saturated rings. The Morgan fingerprint density at radius 3 is 2.65 bits per heavy atom. The van der Waals surface area contributed by atoms with Gasteiger partial charge in [0.05, 0.1) is 47.1 Å². The summed E-state index contributed by atoms with van der Waals surface area (Å²) in [5.41, 5.74) is 5.64. The molecule has 10 nitrogen and oxygen atoms in total. The molecule has 2 aliphatic rings. The van der Waals surface area contributed by atoms with Crippen LogP contribution in [0.15, 0.2) is 36.8 Å². The molecule has 0 aromatic carbocycles. The first-order chi connectivity index (χ1) is 19.6. The topological polar surface area (TPSA) is 94.3 Å². The van der Waals surface area contributed by atoms with Gasteiger partial charge in [0, 0.05) is 75.3 Å². The predicted molar refractivity (Wildman–Crippen MR) is 157 cm³/mol. The molecule has 0 atom stereocenters. The summed E-state index contributed by atoms with van der Waals surface area (Å²) in [4.78, 5) is 24.3. The van der Waals surface area contributed by atoms with Gasteiger partial charge in [-0.25, -0.2) is 14.6 Å². The van der Waals surface area contributed by atoms with Crippen molar-refractivity contribution in [2.45, 2.75) is 25.7 Å². The van der Waals surface area contributed by atoms with Crippen molar-refractivity contribution >= 4 is 37.6 Å². The summed E-state index contributed by atoms with van der Waals surface area (Å²) >= 11 is 1.76. The number of rotatable bonds is 8. The van der Waals surface area contributed by atoms with Gasteiger partial charge in [0.2, 0.25) is 0 Å². The van der Waals surface area contributed by atoms with Gasteiger partial charge >= 0.3 is 0 Å². The Kier molecular flexibility index (Phi) is 6.57. The van der Waals surface area contributed by atoms with E-state index in [1.54, 1.807) is 38.0 Å². The van der Waals surface area contributed by atoms with Crippen LogP contribution in [0.4, 0.5) is 5.13 Å². The van der Waals surface area contributed by atoms with E-state index in [9.17, 15) is 0 Å². The fourth-order valence-corrected chi connectivity index (χ4v) is 6.50. The number of pyridine rings is 3. The number of piperazine rings is 1. The van der Waals surface area contributed by atoms with Crippen LogP contribution in [-0.2, 0) is 4.74 Å². The number of ether oxygens (including phenoxy) is 2. The summed E-state index contributed by atoms with van der Waals surface area (Å²) in [6, 6.07) is 6.05. The van der Waals surface area contributed by atoms with Crippen LogP contribution >= 0.6 is 11.3 Å². The molecular formula is C29H32N8O2S. The molecule has 5 aromatic rings. The van der Waals surface area contributed by atoms with E-state index in [0.29, 0.717) is 5.92 Å². The van der Waals surface area contributed by atoms with Crippen molar-refractivity contribution in [2.24, 2.45) is 0 Å². The fourth-order valence-electron chi connectivity index (χ4n) is 5.45. The van der Waals surface area contributed by atoms with Gasteiger partial charge in [0.25, 0.3) is 0 Å². The highest BCUT2D eigenvalue weighted by Crippen LogP contribution is 2.44. The molecule has 0 radical (unpaired) electrons. The quantitative estimate of drug-likeness (QED) is 0.275. The zero-order chi connectivity index (χ0) is 27.2. The Balaban J connectivity index is 1.28. The third-order valence-corrected chi connectivity index (χ3v) is 8.91. The normalized spacial score (nSPS) is 16.3. The lowest BCUT2D eigenvalue weighted by atomic mass is 10.1. The molecule has 7 rings (SSSR count). The smallest absolute Gasteiger partial charge is 0.186 e. The average Bonchev–Trinajstić information content (AvgIpc) is 3.59. The number of aromatic nitrogens is 6. The van der Waals surface area contributed by atoms with Gasteiger partial charge in [0.15, 0.2) is 10.9 Å². The summed E-state index contributed by atoms with van der Waals surface area (Å²) in [6.45, 7) is 7.75. The number of thiazole rings is 1. The van der Waals surface area contributed by atoms with E-state index in [-0.39, 0.29) is 0 Å². The van der Waals surface area contributed by atoms with Crippen molar-refractivity contribution in [1.29, 1.82) is 0 Å². The monoisotopic (exact) mass is 556 g/mol. The van der Waals surface area contributed by atoms with Crippen LogP contribution < -0.4 is 9.64 Å². The average molecular weight is 557 g/mol. The van der Waals surface area contributed by atoms with E-state index in [2.05, 4.69) is 26.9 Å². The van der Waals surface area contributed by atoms with E-state index < -0.39 is 0 Å². The lowest BCUT2D eigenvalue weighted by molar-refractivity contribution is 0.144. The van der Waals surface area contributed by atoms with E-state index in [1.807, 2.05) is 23.9 Å². The van der Waals surface area contributed by atoms with Crippen molar-refractivity contribution in [3.8, 4) is 22.8 Å². The maximum atomic E-state index is 5.59. The van der Waals surface area contributed by atoms with E-state index in [1.165, 1.54) is 0 Å². The number of nitrogens with zero attached hydrogens (tertiary/aromatic N) is 8. The first-order valence-electron chi connectivity index (χ1n) is 13.7. The molecule has 0 spiro atoms. The molecule has 1 saturated carbocycles. The van der Waals surface area contributed by atoms with E-state index in [4.69, 9.17) is 29.5 Å². The van der Waals surface area contributed by atoms with Crippen LogP contribution in [0.5, 0.6) is 5.75 Å². The Labute approximate surface area is 236 Å². The fraction of sp³-hybridized carbons (Fsp3) is 0.414. The second kappa shape index (κ2) is 10.4. The van der Waals surface area contributed by atoms with Crippen LogP contribution in [0, 0.1) is 6.92 Å². The number of fused-ring (bicyclic) bond motifs is 2. The Morgan fingerprint density at radius 1 is 1.02 bits per heavy atom. The van der Waals surface area contributed by atoms with Gasteiger partial charge in [-0.15, -0.1) is 0 Å². The molecule has 1 aliphatic carbocycles. The van der Waals surface area contributed by atoms with Gasteiger partial charge in [-0.2, -0.15) is 5.10 Å². The van der Waals surface area contributed by atoms with Gasteiger partial charge in [0.1, 0.15) is 11.3 Å². The van der Waals surface area contributed by atoms with Crippen LogP contribution in [0.1, 0.15) is 30.1 Å². The van der Waals surface area contributed by atoms with Crippen LogP contribution in [0.2, 0.25) is 0 Å². The van der Waals surface area contributed by atoms with Gasteiger partial charge in [-0.1, -0.05) is 11.3 Å². The molecule has 0 unspecified atom stereocenters. The Morgan fingerprint density at radius 2 is 1.88 bits per heavy atom. The summed E-state index contributed by atoms with van der Waals surface area (Å²) < 4.78 is 13.9. The van der Waals surface area contributed by atoms with Gasteiger partial charge in [-0.05, 0) is 31.9 Å². The molecule has 1 aliphatic heterocycles. The minimum atomic E-state index is 0.462. The summed E-state index contributed by atoms with van der Waals surface area (Å²) in [5, 5.41) is 6.87. The van der Waals surface area contributed by atoms with Crippen LogP contribution in [0.25, 0.3) is 38.2 Å². The maximum Gasteiger partial charge on any atom is 0.186 e. The van der Waals surface area contributed by atoms with E-state index in [0.717, 1.165) is 113 Å². The maximum absolute atomic E-state index is 5.59. The highest BCUT2D eigenvalue weighted by Gasteiger charge is 2.30. The summed E-state index contributed by atoms with van der Waals surface area (Å²) in [7, 11) is 3.43. The third-order valence-electron chi connectivity index (χ3n) is 7.85. The number of aryl methyl sites for hydroxylation is 1. The third kappa shape index (κ3) is 4.57. The molecule has 206 valence electrons. The van der Waals surface area contributed by atoms with Crippen LogP contribution in [-0.4, -0.2) is 88.2 Å². The molecule has 0 N–H and O–H groups in total. The second-order valence-corrected chi connectivity index (χ2v) is 11.5. The number of methoxy groups -OCH3 is 2. The molecule has 40 heavy (non-hydrogen) atoms. The predicted octanol–water partition coefficient (Wildman–Crippen LogP) is 4.45. The first kappa shape index (κ1) is 25.3. The van der Waals surface area contributed by atoms with Crippen molar-refractivity contribution in [3.05, 3.63) is 48.2 Å². The summed E-state index contributed by atoms with van der Waals surface area (Å²) in [5.74, 6) is 2.02. The van der Waals surface area contributed by atoms with Crippen molar-refractivity contribution in [1.82, 2.24) is 34.6 Å². The lowest BCUT2D eigenvalue weighted by Gasteiger charge is -2.34. The van der Waals surface area contributed by atoms with E-state index >= 15 is 0 Å². The minimum absolute atomic E-state index is 0.462. The standard InChI is InChI=1S/C29H32N8O2S/c1-18-20-17-31-37(23(20)14-22(32-18)21-16-30-7-6-24(21)39-3)26-15-25-28(27(33-26)19-4-5-19)34-29(40-25)36-10-8-35(9-11-36)12-13-38-2/h6-7,14-17,19H,4-5,8-13H2,1-3H3. The molecule has 5 aromatic heterocycles. The zero-order valence-electron chi connectivity index (χ0n) is 23.0. The number of hydrogen-bond donors (Lipinski definition) is 0. The number of hydrogen-bond acceptors (Lipinski definition) is 10. The summed E-state index contributed by atoms with van der Waals surface area (Å²) in [6.07, 6.45) is 7.71. The number of anilines is 1. The Hall–Kier alpha value is -3.67. The Bertz CT molecular complexity index is 1690. The van der Waals surface area contributed by atoms with Gasteiger partial charge < -0.3 is 14.4 Å². The molecule has 0 bridgehead atoms. The minimum Gasteiger partial charge on any atom is -0.496 e. The van der Waals surface area contributed by atoms with Crippen molar-refractivity contribution in [3.63, 3.8) is 0 Å².